The third kappa shape index (κ3) is 4.58. The predicted molar refractivity (Wildman–Crippen MR) is 120 cm³/mol. The van der Waals surface area contributed by atoms with Crippen LogP contribution >= 0.6 is 0 Å². The highest BCUT2D eigenvalue weighted by Crippen LogP contribution is 2.28. The number of piperidine rings is 1. The van der Waals surface area contributed by atoms with E-state index in [-0.39, 0.29) is 0 Å². The maximum Gasteiger partial charge on any atom is 0.243 e. The number of methoxy groups -OCH3 is 1. The molecule has 1 aliphatic rings. The molecule has 0 radical (unpaired) electrons. The van der Waals surface area contributed by atoms with E-state index in [0.717, 1.165) is 19.3 Å². The Hall–Kier alpha value is -2.63. The second kappa shape index (κ2) is 9.02. The van der Waals surface area contributed by atoms with Gasteiger partial charge >= 0.3 is 0 Å². The molecule has 3 aromatic carbocycles. The molecular formula is C25H27NO3S. The normalized spacial score (nSPS) is 15.8. The van der Waals surface area contributed by atoms with Crippen molar-refractivity contribution in [3.63, 3.8) is 0 Å². The highest BCUT2D eigenvalue weighted by Gasteiger charge is 2.29. The van der Waals surface area contributed by atoms with Crippen molar-refractivity contribution in [1.29, 1.82) is 0 Å². The first-order chi connectivity index (χ1) is 14.6. The van der Waals surface area contributed by atoms with E-state index < -0.39 is 10.0 Å². The van der Waals surface area contributed by atoms with E-state index in [1.165, 1.54) is 16.7 Å². The summed E-state index contributed by atoms with van der Waals surface area (Å²) in [6, 6.07) is 25.7. The second-order valence-electron chi connectivity index (χ2n) is 7.79. The van der Waals surface area contributed by atoms with Gasteiger partial charge < -0.3 is 4.74 Å². The highest BCUT2D eigenvalue weighted by molar-refractivity contribution is 7.89. The lowest BCUT2D eigenvalue weighted by molar-refractivity contribution is 0.273. The second-order valence-corrected chi connectivity index (χ2v) is 9.73. The fourth-order valence-corrected chi connectivity index (χ4v) is 5.52. The summed E-state index contributed by atoms with van der Waals surface area (Å²) < 4.78 is 32.6. The maximum absolute atomic E-state index is 12.9. The van der Waals surface area contributed by atoms with Gasteiger partial charge in [-0.2, -0.15) is 4.31 Å². The van der Waals surface area contributed by atoms with Crippen LogP contribution in [0.2, 0.25) is 0 Å². The number of benzene rings is 3. The van der Waals surface area contributed by atoms with Crippen molar-refractivity contribution in [2.45, 2.75) is 24.2 Å². The summed E-state index contributed by atoms with van der Waals surface area (Å²) in [5.74, 6) is 1.17. The predicted octanol–water partition coefficient (Wildman–Crippen LogP) is 5.01. The Kier molecular flexibility index (Phi) is 6.21. The summed E-state index contributed by atoms with van der Waals surface area (Å²) >= 11 is 0. The lowest BCUT2D eigenvalue weighted by Crippen LogP contribution is -2.38. The zero-order chi connectivity index (χ0) is 21.0. The van der Waals surface area contributed by atoms with Gasteiger partial charge in [0.1, 0.15) is 5.75 Å². The molecule has 156 valence electrons. The van der Waals surface area contributed by atoms with Gasteiger partial charge in [-0.05, 0) is 66.1 Å². The number of sulfonamides is 1. The van der Waals surface area contributed by atoms with Crippen molar-refractivity contribution in [3.05, 3.63) is 84.4 Å². The van der Waals surface area contributed by atoms with Gasteiger partial charge in [0.05, 0.1) is 12.0 Å². The fraction of sp³-hybridized carbons (Fsp3) is 0.280. The first-order valence-corrected chi connectivity index (χ1v) is 11.8. The van der Waals surface area contributed by atoms with Crippen molar-refractivity contribution in [1.82, 2.24) is 4.31 Å². The lowest BCUT2D eigenvalue weighted by Gasteiger charge is -2.31. The molecule has 0 saturated carbocycles. The van der Waals surface area contributed by atoms with Crippen LogP contribution in [-0.4, -0.2) is 32.9 Å². The van der Waals surface area contributed by atoms with Crippen LogP contribution in [0.25, 0.3) is 11.1 Å². The molecule has 5 heteroatoms. The molecule has 0 atom stereocenters. The number of rotatable bonds is 6. The SMILES string of the molecule is COc1ccc(S(=O)(=O)N2CCC(Cc3ccc(-c4ccccc4)cc3)CC2)cc1. The minimum atomic E-state index is -3.44. The van der Waals surface area contributed by atoms with Crippen LogP contribution in [-0.2, 0) is 16.4 Å². The molecule has 1 aliphatic heterocycles. The Balaban J connectivity index is 1.35. The standard InChI is InChI=1S/C25H27NO3S/c1-29-24-11-13-25(14-12-24)30(27,28)26-17-15-21(16-18-26)19-20-7-9-23(10-8-20)22-5-3-2-4-6-22/h2-14,21H,15-19H2,1H3. The smallest absolute Gasteiger partial charge is 0.243 e. The van der Waals surface area contributed by atoms with Crippen LogP contribution in [0.4, 0.5) is 0 Å². The summed E-state index contributed by atoms with van der Waals surface area (Å²) in [6.45, 7) is 1.14. The number of hydrogen-bond acceptors (Lipinski definition) is 3. The van der Waals surface area contributed by atoms with E-state index in [4.69, 9.17) is 4.74 Å². The summed E-state index contributed by atoms with van der Waals surface area (Å²) in [5, 5.41) is 0. The van der Waals surface area contributed by atoms with Gasteiger partial charge in [-0.15, -0.1) is 0 Å². The molecule has 0 aromatic heterocycles. The van der Waals surface area contributed by atoms with Crippen LogP contribution in [0.5, 0.6) is 5.75 Å². The summed E-state index contributed by atoms with van der Waals surface area (Å²) in [5.41, 5.74) is 3.76. The first-order valence-electron chi connectivity index (χ1n) is 10.3. The molecule has 0 aliphatic carbocycles. The molecule has 0 spiro atoms. The van der Waals surface area contributed by atoms with Gasteiger partial charge in [0.25, 0.3) is 0 Å². The largest absolute Gasteiger partial charge is 0.497 e. The van der Waals surface area contributed by atoms with Crippen LogP contribution in [0.1, 0.15) is 18.4 Å². The Morgan fingerprint density at radius 3 is 2.03 bits per heavy atom. The first kappa shape index (κ1) is 20.6. The fourth-order valence-electron chi connectivity index (χ4n) is 4.05. The quantitative estimate of drug-likeness (QED) is 0.562. The molecule has 30 heavy (non-hydrogen) atoms. The molecule has 0 N–H and O–H groups in total. The molecule has 0 amide bonds. The van der Waals surface area contributed by atoms with Crippen molar-refractivity contribution in [2.24, 2.45) is 5.92 Å². The van der Waals surface area contributed by atoms with E-state index in [9.17, 15) is 8.42 Å². The monoisotopic (exact) mass is 421 g/mol. The average Bonchev–Trinajstić information content (AvgIpc) is 2.80. The molecule has 0 unspecified atom stereocenters. The zero-order valence-corrected chi connectivity index (χ0v) is 18.0. The third-order valence-corrected chi connectivity index (χ3v) is 7.77. The molecule has 0 bridgehead atoms. The van der Waals surface area contributed by atoms with E-state index in [0.29, 0.717) is 29.7 Å². The summed E-state index contributed by atoms with van der Waals surface area (Å²) in [4.78, 5) is 0.332. The molecule has 4 rings (SSSR count). The minimum absolute atomic E-state index is 0.332. The van der Waals surface area contributed by atoms with E-state index >= 15 is 0 Å². The van der Waals surface area contributed by atoms with Crippen LogP contribution in [0.3, 0.4) is 0 Å². The van der Waals surface area contributed by atoms with Crippen molar-refractivity contribution < 1.29 is 13.2 Å². The molecule has 3 aromatic rings. The highest BCUT2D eigenvalue weighted by atomic mass is 32.2. The molecule has 1 fully saturated rings. The molecular weight excluding hydrogens is 394 g/mol. The van der Waals surface area contributed by atoms with Crippen LogP contribution in [0, 0.1) is 5.92 Å². The minimum Gasteiger partial charge on any atom is -0.497 e. The number of nitrogens with zero attached hydrogens (tertiary/aromatic N) is 1. The Bertz CT molecular complexity index is 1050. The lowest BCUT2D eigenvalue weighted by atomic mass is 9.90. The van der Waals surface area contributed by atoms with Crippen LogP contribution < -0.4 is 4.74 Å². The zero-order valence-electron chi connectivity index (χ0n) is 17.2. The summed E-state index contributed by atoms with van der Waals surface area (Å²) in [6.07, 6.45) is 2.76. The maximum atomic E-state index is 12.9. The van der Waals surface area contributed by atoms with Crippen LogP contribution in [0.15, 0.2) is 83.8 Å². The van der Waals surface area contributed by atoms with E-state index in [1.807, 2.05) is 6.07 Å². The van der Waals surface area contributed by atoms with Crippen molar-refractivity contribution in [2.75, 3.05) is 20.2 Å². The van der Waals surface area contributed by atoms with Gasteiger partial charge in [0.15, 0.2) is 0 Å². The Morgan fingerprint density at radius 2 is 1.43 bits per heavy atom. The third-order valence-electron chi connectivity index (χ3n) is 5.86. The van der Waals surface area contributed by atoms with Gasteiger partial charge in [-0.3, -0.25) is 0 Å². The van der Waals surface area contributed by atoms with Gasteiger partial charge in [-0.25, -0.2) is 8.42 Å². The Labute approximate surface area is 179 Å². The molecule has 1 saturated heterocycles. The van der Waals surface area contributed by atoms with E-state index in [2.05, 4.69) is 48.5 Å². The number of hydrogen-bond donors (Lipinski definition) is 0. The van der Waals surface area contributed by atoms with Crippen molar-refractivity contribution in [3.8, 4) is 16.9 Å². The Morgan fingerprint density at radius 1 is 0.833 bits per heavy atom. The number of ether oxygens (including phenoxy) is 1. The molecule has 4 nitrogen and oxygen atoms in total. The topological polar surface area (TPSA) is 46.6 Å². The van der Waals surface area contributed by atoms with E-state index in [1.54, 1.807) is 35.7 Å². The average molecular weight is 422 g/mol. The van der Waals surface area contributed by atoms with Gasteiger partial charge in [0.2, 0.25) is 10.0 Å². The van der Waals surface area contributed by atoms with Gasteiger partial charge in [0, 0.05) is 13.1 Å². The van der Waals surface area contributed by atoms with Gasteiger partial charge in [-0.1, -0.05) is 54.6 Å². The molecule has 1 heterocycles. The van der Waals surface area contributed by atoms with Crippen molar-refractivity contribution >= 4 is 10.0 Å². The summed E-state index contributed by atoms with van der Waals surface area (Å²) in [7, 11) is -1.87.